The van der Waals surface area contributed by atoms with Gasteiger partial charge in [-0.3, -0.25) is 0 Å². The highest BCUT2D eigenvalue weighted by Gasteiger charge is 2.18. The van der Waals surface area contributed by atoms with E-state index >= 15 is 0 Å². The van der Waals surface area contributed by atoms with E-state index in [4.69, 9.17) is 23.2 Å². The topological polar surface area (TPSA) is 12.0 Å². The number of nitrogens with one attached hydrogen (secondary N) is 1. The van der Waals surface area contributed by atoms with Crippen molar-refractivity contribution in [3.8, 4) is 0 Å². The average Bonchev–Trinajstić information content (AvgIpc) is 2.44. The zero-order valence-corrected chi connectivity index (χ0v) is 14.3. The largest absolute Gasteiger partial charge is 0.306 e. The minimum atomic E-state index is -0.00588. The molecule has 0 saturated carbocycles. The van der Waals surface area contributed by atoms with Crippen LogP contribution in [0.5, 0.6) is 0 Å². The summed E-state index contributed by atoms with van der Waals surface area (Å²) in [4.78, 5) is 0. The van der Waals surface area contributed by atoms with Crippen LogP contribution in [0.2, 0.25) is 10.0 Å². The molecule has 0 amide bonds. The Morgan fingerprint density at radius 3 is 2.45 bits per heavy atom. The second-order valence-electron chi connectivity index (χ2n) is 4.57. The Kier molecular flexibility index (Phi) is 5.91. The molecular formula is C16H16BrCl2N. The van der Waals surface area contributed by atoms with Crippen molar-refractivity contribution in [3.63, 3.8) is 0 Å². The van der Waals surface area contributed by atoms with Gasteiger partial charge in [0, 0.05) is 14.5 Å². The molecule has 0 aliphatic heterocycles. The van der Waals surface area contributed by atoms with Crippen LogP contribution in [-0.4, -0.2) is 6.54 Å². The van der Waals surface area contributed by atoms with Gasteiger partial charge in [0.1, 0.15) is 0 Å². The second kappa shape index (κ2) is 7.46. The van der Waals surface area contributed by atoms with E-state index in [0.29, 0.717) is 0 Å². The molecule has 4 heteroatoms. The average molecular weight is 373 g/mol. The second-order valence-corrected chi connectivity index (χ2v) is 6.30. The lowest BCUT2D eigenvalue weighted by Crippen LogP contribution is -2.23. The van der Waals surface area contributed by atoms with Crippen LogP contribution >= 0.6 is 39.1 Å². The summed E-state index contributed by atoms with van der Waals surface area (Å²) in [6.07, 6.45) is 1.05. The molecule has 0 aliphatic rings. The molecule has 1 atom stereocenters. The summed E-state index contributed by atoms with van der Waals surface area (Å²) in [5.41, 5.74) is 2.07. The fourth-order valence-corrected chi connectivity index (χ4v) is 2.97. The Hall–Kier alpha value is -0.540. The van der Waals surface area contributed by atoms with Crippen molar-refractivity contribution in [2.75, 3.05) is 6.54 Å². The van der Waals surface area contributed by atoms with E-state index in [-0.39, 0.29) is 6.04 Å². The Morgan fingerprint density at radius 2 is 1.75 bits per heavy atom. The van der Waals surface area contributed by atoms with E-state index in [1.807, 2.05) is 42.5 Å². The number of benzene rings is 2. The minimum absolute atomic E-state index is 0.00588. The third kappa shape index (κ3) is 3.76. The first kappa shape index (κ1) is 15.8. The molecule has 2 aromatic carbocycles. The zero-order valence-electron chi connectivity index (χ0n) is 11.2. The first-order valence-corrected chi connectivity index (χ1v) is 8.11. The van der Waals surface area contributed by atoms with Crippen molar-refractivity contribution in [1.29, 1.82) is 0 Å². The van der Waals surface area contributed by atoms with Gasteiger partial charge in [0.2, 0.25) is 0 Å². The molecule has 0 spiro atoms. The highest BCUT2D eigenvalue weighted by Crippen LogP contribution is 2.33. The maximum Gasteiger partial charge on any atom is 0.0606 e. The van der Waals surface area contributed by atoms with Gasteiger partial charge in [-0.05, 0) is 48.4 Å². The Bertz CT molecular complexity index is 586. The predicted octanol–water partition coefficient (Wildman–Crippen LogP) is 5.84. The summed E-state index contributed by atoms with van der Waals surface area (Å²) in [5, 5.41) is 5.01. The molecule has 20 heavy (non-hydrogen) atoms. The Balaban J connectivity index is 2.47. The SMILES string of the molecule is CCCNC(c1ccccc1Cl)c1cc(Br)ccc1Cl. The van der Waals surface area contributed by atoms with Gasteiger partial charge in [-0.2, -0.15) is 0 Å². The monoisotopic (exact) mass is 371 g/mol. The lowest BCUT2D eigenvalue weighted by Gasteiger charge is -2.22. The summed E-state index contributed by atoms with van der Waals surface area (Å²) in [6, 6.07) is 13.7. The van der Waals surface area contributed by atoms with E-state index in [2.05, 4.69) is 28.2 Å². The molecule has 1 N–H and O–H groups in total. The highest BCUT2D eigenvalue weighted by molar-refractivity contribution is 9.10. The van der Waals surface area contributed by atoms with Crippen LogP contribution in [0.3, 0.4) is 0 Å². The van der Waals surface area contributed by atoms with Crippen molar-refractivity contribution in [3.05, 3.63) is 68.1 Å². The molecule has 0 aliphatic carbocycles. The van der Waals surface area contributed by atoms with Gasteiger partial charge in [0.25, 0.3) is 0 Å². The lowest BCUT2D eigenvalue weighted by molar-refractivity contribution is 0.598. The molecular weight excluding hydrogens is 357 g/mol. The first-order valence-electron chi connectivity index (χ1n) is 6.56. The third-order valence-electron chi connectivity index (χ3n) is 3.08. The Morgan fingerprint density at radius 1 is 1.05 bits per heavy atom. The van der Waals surface area contributed by atoms with Gasteiger partial charge in [-0.15, -0.1) is 0 Å². The van der Waals surface area contributed by atoms with Crippen molar-refractivity contribution in [2.24, 2.45) is 0 Å². The molecule has 1 unspecified atom stereocenters. The molecule has 0 bridgehead atoms. The molecule has 2 rings (SSSR count). The van der Waals surface area contributed by atoms with E-state index in [1.165, 1.54) is 0 Å². The number of hydrogen-bond donors (Lipinski definition) is 1. The van der Waals surface area contributed by atoms with Crippen LogP contribution in [0.1, 0.15) is 30.5 Å². The van der Waals surface area contributed by atoms with Crippen molar-refractivity contribution >= 4 is 39.1 Å². The van der Waals surface area contributed by atoms with Crippen LogP contribution in [0.4, 0.5) is 0 Å². The molecule has 0 fully saturated rings. The summed E-state index contributed by atoms with van der Waals surface area (Å²) in [7, 11) is 0. The first-order chi connectivity index (χ1) is 9.63. The fraction of sp³-hybridized carbons (Fsp3) is 0.250. The van der Waals surface area contributed by atoms with Crippen molar-refractivity contribution in [2.45, 2.75) is 19.4 Å². The quantitative estimate of drug-likeness (QED) is 0.694. The lowest BCUT2D eigenvalue weighted by atomic mass is 9.98. The molecule has 2 aromatic rings. The van der Waals surface area contributed by atoms with Crippen LogP contribution in [0, 0.1) is 0 Å². The van der Waals surface area contributed by atoms with Gasteiger partial charge in [0.05, 0.1) is 6.04 Å². The van der Waals surface area contributed by atoms with Crippen LogP contribution in [0.15, 0.2) is 46.9 Å². The van der Waals surface area contributed by atoms with Crippen molar-refractivity contribution in [1.82, 2.24) is 5.32 Å². The molecule has 0 aromatic heterocycles. The molecule has 1 nitrogen and oxygen atoms in total. The summed E-state index contributed by atoms with van der Waals surface area (Å²) in [5.74, 6) is 0. The van der Waals surface area contributed by atoms with Crippen LogP contribution in [-0.2, 0) is 0 Å². The number of halogens is 3. The van der Waals surface area contributed by atoms with Crippen LogP contribution < -0.4 is 5.32 Å². The van der Waals surface area contributed by atoms with E-state index < -0.39 is 0 Å². The van der Waals surface area contributed by atoms with Gasteiger partial charge >= 0.3 is 0 Å². The van der Waals surface area contributed by atoms with Crippen LogP contribution in [0.25, 0.3) is 0 Å². The van der Waals surface area contributed by atoms with Gasteiger partial charge in [-0.1, -0.05) is 64.3 Å². The van der Waals surface area contributed by atoms with Gasteiger partial charge in [-0.25, -0.2) is 0 Å². The molecule has 106 valence electrons. The predicted molar refractivity (Wildman–Crippen MR) is 90.7 cm³/mol. The van der Waals surface area contributed by atoms with E-state index in [9.17, 15) is 0 Å². The molecule has 0 radical (unpaired) electrons. The van der Waals surface area contributed by atoms with Gasteiger partial charge in [0.15, 0.2) is 0 Å². The summed E-state index contributed by atoms with van der Waals surface area (Å²) < 4.78 is 1.01. The summed E-state index contributed by atoms with van der Waals surface area (Å²) in [6.45, 7) is 3.04. The van der Waals surface area contributed by atoms with Crippen molar-refractivity contribution < 1.29 is 0 Å². The number of hydrogen-bond acceptors (Lipinski definition) is 1. The zero-order chi connectivity index (χ0) is 14.5. The van der Waals surface area contributed by atoms with E-state index in [1.54, 1.807) is 0 Å². The molecule has 0 saturated heterocycles. The standard InChI is InChI=1S/C16H16BrCl2N/c1-2-9-20-16(12-5-3-4-6-14(12)18)13-10-11(17)7-8-15(13)19/h3-8,10,16,20H,2,9H2,1H3. The minimum Gasteiger partial charge on any atom is -0.306 e. The number of rotatable bonds is 5. The normalized spacial score (nSPS) is 12.4. The van der Waals surface area contributed by atoms with E-state index in [0.717, 1.165) is 38.6 Å². The molecule has 0 heterocycles. The Labute approximate surface area is 138 Å². The smallest absolute Gasteiger partial charge is 0.0606 e. The fourth-order valence-electron chi connectivity index (χ4n) is 2.12. The maximum atomic E-state index is 6.37. The van der Waals surface area contributed by atoms with Gasteiger partial charge < -0.3 is 5.32 Å². The third-order valence-corrected chi connectivity index (χ3v) is 4.27. The maximum absolute atomic E-state index is 6.37. The summed E-state index contributed by atoms with van der Waals surface area (Å²) >= 11 is 16.2. The highest BCUT2D eigenvalue weighted by atomic mass is 79.9.